The van der Waals surface area contributed by atoms with Crippen molar-refractivity contribution in [3.05, 3.63) is 42.2 Å². The third-order valence-electron chi connectivity index (χ3n) is 3.70. The number of hydrogen-bond acceptors (Lipinski definition) is 4. The number of nitrogens with one attached hydrogen (secondary N) is 1. The van der Waals surface area contributed by atoms with E-state index >= 15 is 0 Å². The van der Waals surface area contributed by atoms with Gasteiger partial charge in [-0.1, -0.05) is 35.5 Å². The van der Waals surface area contributed by atoms with Crippen LogP contribution in [-0.4, -0.2) is 29.3 Å². The highest BCUT2D eigenvalue weighted by molar-refractivity contribution is 5.92. The summed E-state index contributed by atoms with van der Waals surface area (Å²) in [5.74, 6) is 0.0229. The predicted molar refractivity (Wildman–Crippen MR) is 82.4 cm³/mol. The molecule has 0 spiro atoms. The molecule has 3 rings (SSSR count). The summed E-state index contributed by atoms with van der Waals surface area (Å²) in [4.78, 5) is 12.1. The van der Waals surface area contributed by atoms with Gasteiger partial charge in [0.1, 0.15) is 5.69 Å². The summed E-state index contributed by atoms with van der Waals surface area (Å²) < 4.78 is 10.8. The van der Waals surface area contributed by atoms with Crippen LogP contribution in [0.25, 0.3) is 11.3 Å². The summed E-state index contributed by atoms with van der Waals surface area (Å²) in [5.41, 5.74) is 1.60. The van der Waals surface area contributed by atoms with Gasteiger partial charge in [-0.25, -0.2) is 0 Å². The largest absolute Gasteiger partial charge is 0.375 e. The number of ether oxygens (including phenoxy) is 1. The molecule has 1 saturated carbocycles. The zero-order valence-corrected chi connectivity index (χ0v) is 12.8. The Labute approximate surface area is 129 Å². The molecule has 2 aromatic rings. The monoisotopic (exact) mass is 300 g/mol. The number of rotatable bonds is 5. The Balaban J connectivity index is 1.55. The van der Waals surface area contributed by atoms with Crippen LogP contribution in [0, 0.1) is 0 Å². The van der Waals surface area contributed by atoms with Gasteiger partial charge in [0, 0.05) is 17.7 Å². The number of hydrogen-bond donors (Lipinski definition) is 1. The van der Waals surface area contributed by atoms with Crippen molar-refractivity contribution in [2.45, 2.75) is 44.9 Å². The van der Waals surface area contributed by atoms with E-state index in [0.29, 0.717) is 5.69 Å². The van der Waals surface area contributed by atoms with Crippen LogP contribution < -0.4 is 5.32 Å². The van der Waals surface area contributed by atoms with Gasteiger partial charge in [-0.05, 0) is 26.7 Å². The summed E-state index contributed by atoms with van der Waals surface area (Å²) in [7, 11) is 0. The smallest absolute Gasteiger partial charge is 0.290 e. The van der Waals surface area contributed by atoms with Crippen molar-refractivity contribution in [3.63, 3.8) is 0 Å². The van der Waals surface area contributed by atoms with E-state index in [1.54, 1.807) is 6.07 Å². The van der Waals surface area contributed by atoms with Crippen LogP contribution in [0.1, 0.15) is 37.2 Å². The minimum Gasteiger partial charge on any atom is -0.375 e. The normalized spacial score (nSPS) is 20.7. The van der Waals surface area contributed by atoms with Crippen LogP contribution in [0.3, 0.4) is 0 Å². The third-order valence-corrected chi connectivity index (χ3v) is 3.70. The Morgan fingerprint density at radius 2 is 2.05 bits per heavy atom. The van der Waals surface area contributed by atoms with E-state index in [-0.39, 0.29) is 29.9 Å². The number of amides is 1. The number of aromatic nitrogens is 1. The number of carbonyl (C=O) groups is 1. The lowest BCUT2D eigenvalue weighted by molar-refractivity contribution is -0.0483. The zero-order valence-electron chi connectivity index (χ0n) is 12.8. The van der Waals surface area contributed by atoms with Crippen LogP contribution >= 0.6 is 0 Å². The molecule has 0 bridgehead atoms. The molecule has 0 saturated heterocycles. The van der Waals surface area contributed by atoms with Crippen LogP contribution in [0.5, 0.6) is 0 Å². The first-order chi connectivity index (χ1) is 10.6. The van der Waals surface area contributed by atoms with E-state index in [2.05, 4.69) is 10.5 Å². The van der Waals surface area contributed by atoms with Crippen molar-refractivity contribution in [3.8, 4) is 11.3 Å². The van der Waals surface area contributed by atoms with E-state index in [0.717, 1.165) is 18.4 Å². The molecular weight excluding hydrogens is 280 g/mol. The van der Waals surface area contributed by atoms with Crippen LogP contribution in [0.2, 0.25) is 0 Å². The van der Waals surface area contributed by atoms with E-state index in [9.17, 15) is 4.79 Å². The van der Waals surface area contributed by atoms with Gasteiger partial charge in [0.2, 0.25) is 5.76 Å². The molecule has 1 heterocycles. The van der Waals surface area contributed by atoms with Gasteiger partial charge in [0.25, 0.3) is 5.91 Å². The van der Waals surface area contributed by atoms with Gasteiger partial charge in [0.15, 0.2) is 0 Å². The van der Waals surface area contributed by atoms with Gasteiger partial charge in [0.05, 0.1) is 12.2 Å². The Morgan fingerprint density at radius 1 is 1.32 bits per heavy atom. The summed E-state index contributed by atoms with van der Waals surface area (Å²) in [6.45, 7) is 4.04. The molecule has 0 radical (unpaired) electrons. The van der Waals surface area contributed by atoms with Gasteiger partial charge in [-0.3, -0.25) is 4.79 Å². The summed E-state index contributed by atoms with van der Waals surface area (Å²) in [5, 5.41) is 6.90. The van der Waals surface area contributed by atoms with Crippen molar-refractivity contribution >= 4 is 5.91 Å². The zero-order chi connectivity index (χ0) is 15.5. The van der Waals surface area contributed by atoms with Gasteiger partial charge in [-0.15, -0.1) is 0 Å². The second-order valence-corrected chi connectivity index (χ2v) is 5.89. The predicted octanol–water partition coefficient (Wildman–Crippen LogP) is 3.03. The number of carbonyl (C=O) groups excluding carboxylic acids is 1. The molecule has 1 amide bonds. The Morgan fingerprint density at radius 3 is 2.73 bits per heavy atom. The quantitative estimate of drug-likeness (QED) is 0.922. The lowest BCUT2D eigenvalue weighted by Gasteiger charge is -2.36. The molecule has 0 atom stereocenters. The van der Waals surface area contributed by atoms with Crippen LogP contribution in [-0.2, 0) is 4.74 Å². The average Bonchev–Trinajstić information content (AvgIpc) is 2.95. The fourth-order valence-corrected chi connectivity index (χ4v) is 2.56. The first-order valence-electron chi connectivity index (χ1n) is 7.60. The maximum atomic E-state index is 12.1. The highest BCUT2D eigenvalue weighted by atomic mass is 16.5. The molecule has 1 aliphatic rings. The number of nitrogens with zero attached hydrogens (tertiary/aromatic N) is 1. The van der Waals surface area contributed by atoms with Crippen molar-refractivity contribution in [1.82, 2.24) is 10.5 Å². The molecule has 1 N–H and O–H groups in total. The summed E-state index contributed by atoms with van der Waals surface area (Å²) >= 11 is 0. The number of benzene rings is 1. The average molecular weight is 300 g/mol. The van der Waals surface area contributed by atoms with Crippen molar-refractivity contribution in [2.75, 3.05) is 0 Å². The maximum Gasteiger partial charge on any atom is 0.290 e. The minimum atomic E-state index is -0.220. The Bertz CT molecular complexity index is 630. The second-order valence-electron chi connectivity index (χ2n) is 5.89. The van der Waals surface area contributed by atoms with Crippen molar-refractivity contribution in [2.24, 2.45) is 0 Å². The van der Waals surface area contributed by atoms with E-state index in [1.165, 1.54) is 0 Å². The molecule has 5 nitrogen and oxygen atoms in total. The Hall–Kier alpha value is -2.14. The summed E-state index contributed by atoms with van der Waals surface area (Å²) in [6, 6.07) is 11.5. The highest BCUT2D eigenvalue weighted by Crippen LogP contribution is 2.25. The SMILES string of the molecule is CC(C)OC1CC(NC(=O)c2cc(-c3ccccc3)no2)C1. The van der Waals surface area contributed by atoms with Gasteiger partial charge in [-0.2, -0.15) is 0 Å². The van der Waals surface area contributed by atoms with Crippen LogP contribution in [0.15, 0.2) is 40.9 Å². The second kappa shape index (κ2) is 6.32. The first kappa shape index (κ1) is 14.8. The topological polar surface area (TPSA) is 64.4 Å². The van der Waals surface area contributed by atoms with Crippen molar-refractivity contribution in [1.29, 1.82) is 0 Å². The minimum absolute atomic E-state index is 0.154. The molecule has 1 fully saturated rings. The molecule has 1 aromatic heterocycles. The third kappa shape index (κ3) is 3.36. The van der Waals surface area contributed by atoms with Gasteiger partial charge >= 0.3 is 0 Å². The van der Waals surface area contributed by atoms with E-state index < -0.39 is 0 Å². The van der Waals surface area contributed by atoms with E-state index in [1.807, 2.05) is 44.2 Å². The lowest BCUT2D eigenvalue weighted by atomic mass is 9.89. The van der Waals surface area contributed by atoms with Crippen LogP contribution in [0.4, 0.5) is 0 Å². The maximum absolute atomic E-state index is 12.1. The van der Waals surface area contributed by atoms with Crippen molar-refractivity contribution < 1.29 is 14.1 Å². The molecule has 1 aliphatic carbocycles. The molecule has 0 unspecified atom stereocenters. The van der Waals surface area contributed by atoms with Gasteiger partial charge < -0.3 is 14.6 Å². The molecule has 116 valence electrons. The van der Waals surface area contributed by atoms with E-state index in [4.69, 9.17) is 9.26 Å². The fourth-order valence-electron chi connectivity index (χ4n) is 2.56. The molecule has 1 aromatic carbocycles. The fraction of sp³-hybridized carbons (Fsp3) is 0.412. The standard InChI is InChI=1S/C17H20N2O3/c1-11(2)21-14-8-13(9-14)18-17(20)16-10-15(19-22-16)12-6-4-3-5-7-12/h3-7,10-11,13-14H,8-9H2,1-2H3,(H,18,20). The lowest BCUT2D eigenvalue weighted by Crippen LogP contribution is -2.48. The first-order valence-corrected chi connectivity index (χ1v) is 7.60. The highest BCUT2D eigenvalue weighted by Gasteiger charge is 2.32. The molecular formula is C17H20N2O3. The summed E-state index contributed by atoms with van der Waals surface area (Å²) in [6.07, 6.45) is 2.18. The molecule has 22 heavy (non-hydrogen) atoms. The Kier molecular flexibility index (Phi) is 4.24. The molecule has 0 aliphatic heterocycles. The molecule has 5 heteroatoms.